The van der Waals surface area contributed by atoms with Crippen LogP contribution < -0.4 is 5.32 Å². The van der Waals surface area contributed by atoms with Crippen molar-refractivity contribution in [3.63, 3.8) is 0 Å². The third-order valence-corrected chi connectivity index (χ3v) is 4.74. The number of nitrogens with one attached hydrogen (secondary N) is 1. The average Bonchev–Trinajstić information content (AvgIpc) is 2.48. The highest BCUT2D eigenvalue weighted by Crippen LogP contribution is 2.31. The Kier molecular flexibility index (Phi) is 5.41. The Labute approximate surface area is 135 Å². The third-order valence-electron chi connectivity index (χ3n) is 4.27. The molecule has 0 aliphatic heterocycles. The standard InChI is InChI=1S/C14H20Cl2N4O/c1-20(2)14(6-4-3-5-7-14)9-17-13(21)10-8-11(15)18-19-12(10)16/h8H,3-7,9H2,1-2H3,(H,17,21). The number of rotatable bonds is 4. The summed E-state index contributed by atoms with van der Waals surface area (Å²) in [5, 5.41) is 10.5. The van der Waals surface area contributed by atoms with E-state index in [2.05, 4.69) is 34.5 Å². The topological polar surface area (TPSA) is 58.1 Å². The fourth-order valence-electron chi connectivity index (χ4n) is 2.84. The van der Waals surface area contributed by atoms with E-state index in [1.165, 1.54) is 25.3 Å². The molecule has 1 aliphatic rings. The first-order valence-electron chi connectivity index (χ1n) is 7.09. The fraction of sp³-hybridized carbons (Fsp3) is 0.643. The van der Waals surface area contributed by atoms with Gasteiger partial charge < -0.3 is 10.2 Å². The van der Waals surface area contributed by atoms with Crippen LogP contribution in [-0.4, -0.2) is 47.2 Å². The highest BCUT2D eigenvalue weighted by atomic mass is 35.5. The molecule has 1 N–H and O–H groups in total. The molecule has 0 saturated heterocycles. The maximum atomic E-state index is 12.3. The van der Waals surface area contributed by atoms with Crippen molar-refractivity contribution >= 4 is 29.1 Å². The van der Waals surface area contributed by atoms with Gasteiger partial charge in [0.15, 0.2) is 10.3 Å². The summed E-state index contributed by atoms with van der Waals surface area (Å²) < 4.78 is 0. The van der Waals surface area contributed by atoms with Crippen molar-refractivity contribution in [3.8, 4) is 0 Å². The van der Waals surface area contributed by atoms with Crippen LogP contribution >= 0.6 is 23.2 Å². The zero-order chi connectivity index (χ0) is 15.5. The Bertz CT molecular complexity index is 516. The van der Waals surface area contributed by atoms with Gasteiger partial charge in [-0.1, -0.05) is 42.5 Å². The molecular formula is C14H20Cl2N4O. The van der Waals surface area contributed by atoms with Crippen LogP contribution in [-0.2, 0) is 0 Å². The van der Waals surface area contributed by atoms with Crippen molar-refractivity contribution in [1.82, 2.24) is 20.4 Å². The van der Waals surface area contributed by atoms with Crippen molar-refractivity contribution in [2.24, 2.45) is 0 Å². The van der Waals surface area contributed by atoms with Gasteiger partial charge in [0.1, 0.15) is 0 Å². The molecule has 1 amide bonds. The number of halogens is 2. The second kappa shape index (κ2) is 6.90. The molecule has 0 spiro atoms. The lowest BCUT2D eigenvalue weighted by atomic mass is 9.80. The van der Waals surface area contributed by atoms with Crippen LogP contribution in [0, 0.1) is 0 Å². The van der Waals surface area contributed by atoms with E-state index < -0.39 is 0 Å². The van der Waals surface area contributed by atoms with Crippen molar-refractivity contribution < 1.29 is 4.79 Å². The van der Waals surface area contributed by atoms with E-state index >= 15 is 0 Å². The van der Waals surface area contributed by atoms with Crippen LogP contribution in [0.4, 0.5) is 0 Å². The average molecular weight is 331 g/mol. The molecule has 7 heteroatoms. The molecule has 0 atom stereocenters. The molecule has 21 heavy (non-hydrogen) atoms. The fourth-order valence-corrected chi connectivity index (χ4v) is 3.17. The summed E-state index contributed by atoms with van der Waals surface area (Å²) in [6.07, 6.45) is 5.82. The van der Waals surface area contributed by atoms with Crippen molar-refractivity contribution in [2.45, 2.75) is 37.6 Å². The summed E-state index contributed by atoms with van der Waals surface area (Å²) in [5.74, 6) is -0.261. The van der Waals surface area contributed by atoms with Crippen molar-refractivity contribution in [3.05, 3.63) is 21.9 Å². The lowest BCUT2D eigenvalue weighted by Gasteiger charge is -2.43. The van der Waals surface area contributed by atoms with Crippen LogP contribution in [0.1, 0.15) is 42.5 Å². The smallest absolute Gasteiger partial charge is 0.254 e. The summed E-state index contributed by atoms with van der Waals surface area (Å²) in [6.45, 7) is 0.592. The molecule has 0 radical (unpaired) electrons. The predicted molar refractivity (Wildman–Crippen MR) is 83.9 cm³/mol. The first-order chi connectivity index (χ1) is 9.94. The van der Waals surface area contributed by atoms with Gasteiger partial charge in [0.05, 0.1) is 5.56 Å². The van der Waals surface area contributed by atoms with Crippen LogP contribution in [0.25, 0.3) is 0 Å². The summed E-state index contributed by atoms with van der Waals surface area (Å²) in [5.41, 5.74) is 0.284. The Morgan fingerprint density at radius 3 is 2.57 bits per heavy atom. The maximum Gasteiger partial charge on any atom is 0.254 e. The Morgan fingerprint density at radius 2 is 1.95 bits per heavy atom. The quantitative estimate of drug-likeness (QED) is 0.922. The van der Waals surface area contributed by atoms with E-state index in [0.717, 1.165) is 12.8 Å². The normalized spacial score (nSPS) is 17.8. The van der Waals surface area contributed by atoms with E-state index in [1.54, 1.807) is 0 Å². The molecule has 0 unspecified atom stereocenters. The molecule has 1 heterocycles. The highest BCUT2D eigenvalue weighted by molar-refractivity contribution is 6.34. The monoisotopic (exact) mass is 330 g/mol. The molecule has 2 rings (SSSR count). The van der Waals surface area contributed by atoms with Crippen LogP contribution in [0.5, 0.6) is 0 Å². The number of hydrogen-bond acceptors (Lipinski definition) is 4. The first kappa shape index (κ1) is 16.5. The molecular weight excluding hydrogens is 311 g/mol. The summed E-state index contributed by atoms with van der Waals surface area (Å²) in [6, 6.07) is 1.44. The van der Waals surface area contributed by atoms with Crippen molar-refractivity contribution in [2.75, 3.05) is 20.6 Å². The molecule has 1 fully saturated rings. The van der Waals surface area contributed by atoms with Gasteiger partial charge in [-0.3, -0.25) is 4.79 Å². The molecule has 0 bridgehead atoms. The number of carbonyl (C=O) groups excluding carboxylic acids is 1. The van der Waals surface area contributed by atoms with Gasteiger partial charge in [-0.15, -0.1) is 10.2 Å². The molecule has 1 saturated carbocycles. The lowest BCUT2D eigenvalue weighted by Crippen LogP contribution is -2.53. The van der Waals surface area contributed by atoms with Gasteiger partial charge >= 0.3 is 0 Å². The van der Waals surface area contributed by atoms with Gasteiger partial charge in [-0.2, -0.15) is 0 Å². The molecule has 1 aromatic heterocycles. The number of hydrogen-bond donors (Lipinski definition) is 1. The number of nitrogens with zero attached hydrogens (tertiary/aromatic N) is 3. The van der Waals surface area contributed by atoms with Crippen LogP contribution in [0.2, 0.25) is 10.3 Å². The zero-order valence-corrected chi connectivity index (χ0v) is 13.8. The summed E-state index contributed by atoms with van der Waals surface area (Å²) >= 11 is 11.7. The first-order valence-corrected chi connectivity index (χ1v) is 7.84. The Morgan fingerprint density at radius 1 is 1.29 bits per heavy atom. The van der Waals surface area contributed by atoms with E-state index in [1.807, 2.05) is 0 Å². The van der Waals surface area contributed by atoms with E-state index in [0.29, 0.717) is 6.54 Å². The second-order valence-corrected chi connectivity index (χ2v) is 6.48. The summed E-state index contributed by atoms with van der Waals surface area (Å²) in [4.78, 5) is 14.5. The van der Waals surface area contributed by atoms with Gasteiger partial charge in [-0.05, 0) is 33.0 Å². The minimum Gasteiger partial charge on any atom is -0.350 e. The number of carbonyl (C=O) groups is 1. The molecule has 1 aromatic rings. The SMILES string of the molecule is CN(C)C1(CNC(=O)c2cc(Cl)nnc2Cl)CCCCC1. The minimum absolute atomic E-state index is 0.0185. The molecule has 116 valence electrons. The summed E-state index contributed by atoms with van der Waals surface area (Å²) in [7, 11) is 4.13. The molecule has 0 aromatic carbocycles. The Balaban J connectivity index is 2.07. The van der Waals surface area contributed by atoms with Crippen molar-refractivity contribution in [1.29, 1.82) is 0 Å². The lowest BCUT2D eigenvalue weighted by molar-refractivity contribution is 0.0799. The zero-order valence-electron chi connectivity index (χ0n) is 12.3. The third kappa shape index (κ3) is 3.84. The molecule has 1 aliphatic carbocycles. The Hall–Kier alpha value is -0.910. The second-order valence-electron chi connectivity index (χ2n) is 5.73. The van der Waals surface area contributed by atoms with E-state index in [-0.39, 0.29) is 27.3 Å². The van der Waals surface area contributed by atoms with Crippen LogP contribution in [0.3, 0.4) is 0 Å². The van der Waals surface area contributed by atoms with E-state index in [9.17, 15) is 4.79 Å². The van der Waals surface area contributed by atoms with E-state index in [4.69, 9.17) is 23.2 Å². The largest absolute Gasteiger partial charge is 0.350 e. The van der Waals surface area contributed by atoms with Crippen LogP contribution in [0.15, 0.2) is 6.07 Å². The minimum atomic E-state index is -0.261. The predicted octanol–water partition coefficient (Wildman–Crippen LogP) is 2.78. The maximum absolute atomic E-state index is 12.3. The number of amides is 1. The van der Waals surface area contributed by atoms with Gasteiger partial charge in [-0.25, -0.2) is 0 Å². The molecule has 5 nitrogen and oxygen atoms in total. The van der Waals surface area contributed by atoms with Gasteiger partial charge in [0.2, 0.25) is 0 Å². The number of aromatic nitrogens is 2. The van der Waals surface area contributed by atoms with Gasteiger partial charge in [0.25, 0.3) is 5.91 Å². The highest BCUT2D eigenvalue weighted by Gasteiger charge is 2.34. The number of likely N-dealkylation sites (N-methyl/N-ethyl adjacent to an activating group) is 1. The van der Waals surface area contributed by atoms with Gasteiger partial charge in [0, 0.05) is 12.1 Å².